The molecule has 0 fully saturated rings. The number of ether oxygens (including phenoxy) is 1. The smallest absolute Gasteiger partial charge is 0.293 e. The molecule has 0 bridgehead atoms. The van der Waals surface area contributed by atoms with Gasteiger partial charge in [-0.15, -0.1) is 0 Å². The molecule has 1 rings (SSSR count). The van der Waals surface area contributed by atoms with E-state index in [2.05, 4.69) is 104 Å². The first-order valence-electron chi connectivity index (χ1n) is 16.0. The minimum atomic E-state index is -0.487. The lowest BCUT2D eigenvalue weighted by atomic mass is 9.63. The van der Waals surface area contributed by atoms with Gasteiger partial charge < -0.3 is 25.5 Å². The highest BCUT2D eigenvalue weighted by Crippen LogP contribution is 2.42. The molecule has 7 nitrogen and oxygen atoms in total. The maximum absolute atomic E-state index is 13.5. The lowest BCUT2D eigenvalue weighted by molar-refractivity contribution is -0.135. The summed E-state index contributed by atoms with van der Waals surface area (Å²) in [4.78, 5) is 35.1. The van der Waals surface area contributed by atoms with Crippen molar-refractivity contribution in [2.45, 2.75) is 121 Å². The zero-order valence-corrected chi connectivity index (χ0v) is 30.1. The number of hydrogen-bond donors (Lipinski definition) is 3. The number of aldehydes is 1. The highest BCUT2D eigenvalue weighted by Gasteiger charge is 2.46. The van der Waals surface area contributed by atoms with Gasteiger partial charge in [0.05, 0.1) is 0 Å². The van der Waals surface area contributed by atoms with Gasteiger partial charge in [0.1, 0.15) is 12.9 Å². The average molecular weight is 606 g/mol. The van der Waals surface area contributed by atoms with Gasteiger partial charge in [0.2, 0.25) is 5.91 Å². The molecule has 7 heteroatoms. The van der Waals surface area contributed by atoms with E-state index in [1.807, 2.05) is 44.4 Å². The van der Waals surface area contributed by atoms with Crippen molar-refractivity contribution in [3.63, 3.8) is 0 Å². The number of rotatable bonds is 17. The maximum atomic E-state index is 13.5. The maximum Gasteiger partial charge on any atom is 0.293 e. The Morgan fingerprint density at radius 1 is 0.907 bits per heavy atom. The molecular formula is C36H67N3O4. The summed E-state index contributed by atoms with van der Waals surface area (Å²) in [7, 11) is 3.90. The molecule has 0 aliphatic heterocycles. The predicted octanol–water partition coefficient (Wildman–Crippen LogP) is 7.04. The monoisotopic (exact) mass is 606 g/mol. The molecule has 0 saturated carbocycles. The second-order valence-corrected chi connectivity index (χ2v) is 14.3. The molecule has 0 saturated heterocycles. The highest BCUT2D eigenvalue weighted by atomic mass is 16.5. The Morgan fingerprint density at radius 3 is 1.84 bits per heavy atom. The van der Waals surface area contributed by atoms with Crippen LogP contribution in [0.15, 0.2) is 30.3 Å². The van der Waals surface area contributed by atoms with Crippen LogP contribution in [0, 0.1) is 34.5 Å². The molecule has 250 valence electrons. The first kappa shape index (κ1) is 42.9. The van der Waals surface area contributed by atoms with Crippen LogP contribution in [0.4, 0.5) is 0 Å². The second-order valence-electron chi connectivity index (χ2n) is 14.3. The van der Waals surface area contributed by atoms with Crippen LogP contribution >= 0.6 is 0 Å². The van der Waals surface area contributed by atoms with Crippen LogP contribution < -0.4 is 16.0 Å². The third-order valence-electron chi connectivity index (χ3n) is 9.22. The molecule has 43 heavy (non-hydrogen) atoms. The fourth-order valence-electron chi connectivity index (χ4n) is 4.48. The predicted molar refractivity (Wildman–Crippen MR) is 182 cm³/mol. The van der Waals surface area contributed by atoms with Gasteiger partial charge in [-0.2, -0.15) is 0 Å². The van der Waals surface area contributed by atoms with Gasteiger partial charge in [-0.25, -0.2) is 0 Å². The summed E-state index contributed by atoms with van der Waals surface area (Å²) < 4.78 is 4.54. The summed E-state index contributed by atoms with van der Waals surface area (Å²) in [6.45, 7) is 27.4. The van der Waals surface area contributed by atoms with Crippen LogP contribution in [0.25, 0.3) is 0 Å². The van der Waals surface area contributed by atoms with Gasteiger partial charge in [0, 0.05) is 23.4 Å². The second kappa shape index (κ2) is 21.5. The Balaban J connectivity index is 0. The van der Waals surface area contributed by atoms with Gasteiger partial charge in [-0.05, 0) is 82.0 Å². The fraction of sp³-hybridized carbons (Fsp3) is 0.750. The molecule has 0 spiro atoms. The van der Waals surface area contributed by atoms with E-state index >= 15 is 0 Å². The van der Waals surface area contributed by atoms with E-state index < -0.39 is 5.54 Å². The number of hydrogen-bond acceptors (Lipinski definition) is 6. The summed E-state index contributed by atoms with van der Waals surface area (Å²) in [5.41, 5.74) is 0.0834. The third kappa shape index (κ3) is 16.4. The molecule has 0 heterocycles. The van der Waals surface area contributed by atoms with Crippen molar-refractivity contribution in [1.82, 2.24) is 16.0 Å². The number of nitrogens with one attached hydrogen (secondary N) is 3. The fourth-order valence-corrected chi connectivity index (χ4v) is 4.48. The minimum Gasteiger partial charge on any atom is -0.463 e. The minimum absolute atomic E-state index is 0.0595. The van der Waals surface area contributed by atoms with E-state index in [4.69, 9.17) is 0 Å². The van der Waals surface area contributed by atoms with Crippen LogP contribution in [0.5, 0.6) is 0 Å². The summed E-state index contributed by atoms with van der Waals surface area (Å²) in [6, 6.07) is 10.2. The van der Waals surface area contributed by atoms with Crippen molar-refractivity contribution >= 4 is 18.7 Å². The largest absolute Gasteiger partial charge is 0.463 e. The van der Waals surface area contributed by atoms with Gasteiger partial charge in [-0.3, -0.25) is 9.59 Å². The Kier molecular flexibility index (Phi) is 21.4. The summed E-state index contributed by atoms with van der Waals surface area (Å²) in [5, 5.41) is 9.57. The van der Waals surface area contributed by atoms with Crippen LogP contribution in [-0.4, -0.2) is 50.9 Å². The first-order valence-corrected chi connectivity index (χ1v) is 16.0. The topological polar surface area (TPSA) is 96.5 Å². The Labute approximate surface area is 265 Å². The molecular weight excluding hydrogens is 538 g/mol. The van der Waals surface area contributed by atoms with Gasteiger partial charge in [0.15, 0.2) is 0 Å². The number of amides is 1. The van der Waals surface area contributed by atoms with E-state index in [-0.39, 0.29) is 28.6 Å². The lowest BCUT2D eigenvalue weighted by Crippen LogP contribution is -2.59. The SMILES string of the molecule is CNC(C)C.CNCCCC(C(=O)NC(C)(C)C(C)(C)C(C=O)CC(C)C)C(C)(C)C(C)C.O=COCc1ccccc1. The Morgan fingerprint density at radius 2 is 1.44 bits per heavy atom. The lowest BCUT2D eigenvalue weighted by Gasteiger charge is -2.48. The van der Waals surface area contributed by atoms with Crippen LogP contribution in [0.3, 0.4) is 0 Å². The van der Waals surface area contributed by atoms with Gasteiger partial charge >= 0.3 is 0 Å². The van der Waals surface area contributed by atoms with Crippen molar-refractivity contribution in [2.24, 2.45) is 34.5 Å². The third-order valence-corrected chi connectivity index (χ3v) is 9.22. The summed E-state index contributed by atoms with van der Waals surface area (Å²) in [6.07, 6.45) is 3.74. The highest BCUT2D eigenvalue weighted by molar-refractivity contribution is 5.80. The summed E-state index contributed by atoms with van der Waals surface area (Å²) in [5.74, 6) is 0.800. The van der Waals surface area contributed by atoms with E-state index in [0.29, 0.717) is 31.0 Å². The molecule has 0 aromatic heterocycles. The van der Waals surface area contributed by atoms with E-state index in [9.17, 15) is 14.4 Å². The molecule has 0 aliphatic carbocycles. The van der Waals surface area contributed by atoms with Crippen molar-refractivity contribution in [1.29, 1.82) is 0 Å². The zero-order chi connectivity index (χ0) is 33.9. The van der Waals surface area contributed by atoms with Crippen molar-refractivity contribution in [2.75, 3.05) is 20.6 Å². The number of carbonyl (C=O) groups excluding carboxylic acids is 3. The van der Waals surface area contributed by atoms with Gasteiger partial charge in [0.25, 0.3) is 6.47 Å². The molecule has 0 radical (unpaired) electrons. The molecule has 3 N–H and O–H groups in total. The quantitative estimate of drug-likeness (QED) is 0.130. The molecule has 0 aliphatic rings. The molecule has 1 aromatic carbocycles. The Bertz CT molecular complexity index is 880. The molecule has 1 aromatic rings. The van der Waals surface area contributed by atoms with Crippen molar-refractivity contribution < 1.29 is 19.1 Å². The molecule has 1 amide bonds. The van der Waals surface area contributed by atoms with E-state index in [1.165, 1.54) is 0 Å². The summed E-state index contributed by atoms with van der Waals surface area (Å²) >= 11 is 0. The Hall–Kier alpha value is -2.25. The zero-order valence-electron chi connectivity index (χ0n) is 30.1. The van der Waals surface area contributed by atoms with Crippen LogP contribution in [0.2, 0.25) is 0 Å². The van der Waals surface area contributed by atoms with Crippen LogP contribution in [0.1, 0.15) is 108 Å². The van der Waals surface area contributed by atoms with E-state index in [1.54, 1.807) is 0 Å². The average Bonchev–Trinajstić information content (AvgIpc) is 2.93. The number of benzene rings is 1. The normalized spacial score (nSPS) is 13.3. The first-order chi connectivity index (χ1) is 19.8. The molecule has 2 unspecified atom stereocenters. The van der Waals surface area contributed by atoms with Crippen molar-refractivity contribution in [3.8, 4) is 0 Å². The number of carbonyl (C=O) groups is 3. The standard InChI is InChI=1S/C24H48N2O2.C8H8O2.C4H11N/c1-17(2)15-19(16-27)23(7,8)24(9,10)26-21(28)20(13-12-14-25-11)22(5,6)18(3)4;9-7-10-6-8-4-2-1-3-5-8;1-4(2)5-3/h16-20,25H,12-15H2,1-11H3,(H,26,28);1-5,7H,6H2;4-5H,1-3H3. The van der Waals surface area contributed by atoms with Gasteiger partial charge in [-0.1, -0.05) is 99.6 Å². The van der Waals surface area contributed by atoms with Crippen molar-refractivity contribution in [3.05, 3.63) is 35.9 Å². The molecule has 2 atom stereocenters. The van der Waals surface area contributed by atoms with E-state index in [0.717, 1.165) is 37.7 Å². The van der Waals surface area contributed by atoms with Crippen LogP contribution in [-0.2, 0) is 25.7 Å².